The predicted octanol–water partition coefficient (Wildman–Crippen LogP) is 18.6. The lowest BCUT2D eigenvalue weighted by atomic mass is 9.87. The smallest absolute Gasteiger partial charge is 0.417 e. The maximum atomic E-state index is 13.0. The van der Waals surface area contributed by atoms with Crippen molar-refractivity contribution >= 4 is 70.9 Å². The van der Waals surface area contributed by atoms with Gasteiger partial charge in [-0.25, -0.2) is 15.0 Å². The van der Waals surface area contributed by atoms with Gasteiger partial charge < -0.3 is 43.1 Å². The van der Waals surface area contributed by atoms with Crippen LogP contribution in [0.5, 0.6) is 51.7 Å². The molecule has 18 heteroatoms. The summed E-state index contributed by atoms with van der Waals surface area (Å²) >= 11 is 18.3. The molecule has 0 spiro atoms. The van der Waals surface area contributed by atoms with Crippen LogP contribution in [0.3, 0.4) is 0 Å². The number of benzene rings is 6. The minimum Gasteiger partial charge on any atom is -0.493 e. The molecule has 6 rings (SSSR count). The highest BCUT2D eigenvalue weighted by Gasteiger charge is 2.34. The van der Waals surface area contributed by atoms with Gasteiger partial charge in [-0.05, 0) is 153 Å². The van der Waals surface area contributed by atoms with Gasteiger partial charge in [0.15, 0.2) is 34.5 Å². The summed E-state index contributed by atoms with van der Waals surface area (Å²) in [6.45, 7) is 25.2. The SMILES string of the molecule is CCN(C)C=Nc1cc(OC)c(Oc2ccc(Cl)c(C(C)(C)C)c2)cc1C.CCN(C)C=Nc1cc(OC)c(Oc2ccc(Cl)c(C(C)C)c2)cc1C.CCN(C)C=Nc1cc(OC)c(Oc2ccc(Cl)c(C(F)(F)F)c2)cc1C. The largest absolute Gasteiger partial charge is 0.493 e. The Morgan fingerprint density at radius 3 is 1.09 bits per heavy atom. The molecule has 6 aromatic rings. The molecule has 0 fully saturated rings. The van der Waals surface area contributed by atoms with Crippen molar-refractivity contribution in [3.63, 3.8) is 0 Å². The van der Waals surface area contributed by atoms with Crippen molar-refractivity contribution in [2.24, 2.45) is 15.0 Å². The van der Waals surface area contributed by atoms with E-state index in [-0.39, 0.29) is 21.9 Å². The Hall–Kier alpha value is -6.81. The molecule has 12 nitrogen and oxygen atoms in total. The zero-order chi connectivity index (χ0) is 59.6. The van der Waals surface area contributed by atoms with Crippen LogP contribution in [0.1, 0.15) is 94.7 Å². The Bertz CT molecular complexity index is 2970. The van der Waals surface area contributed by atoms with Gasteiger partial charge in [0.1, 0.15) is 17.2 Å². The average Bonchev–Trinajstić information content (AvgIpc) is 3.41. The molecule has 0 unspecified atom stereocenters. The molecule has 0 N–H and O–H groups in total. The van der Waals surface area contributed by atoms with Gasteiger partial charge in [-0.3, -0.25) is 0 Å². The van der Waals surface area contributed by atoms with E-state index >= 15 is 0 Å². The molecule has 0 bridgehead atoms. The van der Waals surface area contributed by atoms with Gasteiger partial charge in [0.2, 0.25) is 0 Å². The van der Waals surface area contributed by atoms with Crippen molar-refractivity contribution in [1.82, 2.24) is 14.7 Å². The second-order valence-electron chi connectivity index (χ2n) is 20.0. The molecule has 0 heterocycles. The van der Waals surface area contributed by atoms with E-state index in [1.165, 1.54) is 13.2 Å². The van der Waals surface area contributed by atoms with E-state index in [1.807, 2.05) is 137 Å². The van der Waals surface area contributed by atoms with E-state index in [0.29, 0.717) is 40.4 Å². The van der Waals surface area contributed by atoms with Crippen LogP contribution in [-0.4, -0.2) is 95.8 Å². The minimum atomic E-state index is -4.57. The summed E-state index contributed by atoms with van der Waals surface area (Å²) in [5, 5.41) is 1.10. The lowest BCUT2D eigenvalue weighted by Crippen LogP contribution is -2.14. The second-order valence-corrected chi connectivity index (χ2v) is 21.2. The molecule has 0 aliphatic heterocycles. The maximum absolute atomic E-state index is 13.0. The Balaban J connectivity index is 0.000000258. The van der Waals surface area contributed by atoms with Crippen molar-refractivity contribution in [3.05, 3.63) is 139 Å². The number of methoxy groups -OCH3 is 3. The predicted molar refractivity (Wildman–Crippen MR) is 325 cm³/mol. The van der Waals surface area contributed by atoms with Crippen molar-refractivity contribution in [2.45, 2.75) is 93.7 Å². The molecule has 0 aliphatic carbocycles. The highest BCUT2D eigenvalue weighted by Crippen LogP contribution is 2.43. The van der Waals surface area contributed by atoms with Gasteiger partial charge in [0.25, 0.3) is 0 Å². The minimum absolute atomic E-state index is 0.00592. The third-order valence-electron chi connectivity index (χ3n) is 12.4. The maximum Gasteiger partial charge on any atom is 0.417 e. The Labute approximate surface area is 486 Å². The van der Waals surface area contributed by atoms with Crippen molar-refractivity contribution in [1.29, 1.82) is 0 Å². The van der Waals surface area contributed by atoms with Crippen LogP contribution in [0.15, 0.2) is 106 Å². The molecule has 0 saturated carbocycles. The molecular formula is C62H76Cl3F3N6O6. The lowest BCUT2D eigenvalue weighted by molar-refractivity contribution is -0.137. The normalized spacial score (nSPS) is 11.6. The number of alkyl halides is 3. The number of hydrogen-bond acceptors (Lipinski definition) is 9. The molecule has 0 radical (unpaired) electrons. The van der Waals surface area contributed by atoms with E-state index < -0.39 is 11.7 Å². The fourth-order valence-corrected chi connectivity index (χ4v) is 8.11. The van der Waals surface area contributed by atoms with Crippen LogP contribution in [0, 0.1) is 20.8 Å². The highest BCUT2D eigenvalue weighted by atomic mass is 35.5. The fourth-order valence-electron chi connectivity index (χ4n) is 7.15. The first-order valence-electron chi connectivity index (χ1n) is 25.9. The zero-order valence-electron chi connectivity index (χ0n) is 49.0. The first-order chi connectivity index (χ1) is 37.7. The summed E-state index contributed by atoms with van der Waals surface area (Å²) in [6.07, 6.45) is 0.755. The molecule has 0 saturated heterocycles. The fraction of sp³-hybridized carbons (Fsp3) is 0.371. The van der Waals surface area contributed by atoms with Gasteiger partial charge in [-0.2, -0.15) is 13.2 Å². The third-order valence-corrected chi connectivity index (χ3v) is 13.4. The van der Waals surface area contributed by atoms with Crippen molar-refractivity contribution in [3.8, 4) is 51.7 Å². The summed E-state index contributed by atoms with van der Waals surface area (Å²) in [7, 11) is 10.6. The summed E-state index contributed by atoms with van der Waals surface area (Å²) in [5.74, 6) is 5.02. The lowest BCUT2D eigenvalue weighted by Gasteiger charge is -2.22. The first kappa shape index (κ1) is 65.7. The third kappa shape index (κ3) is 19.2. The Kier molecular flexibility index (Phi) is 24.7. The van der Waals surface area contributed by atoms with Gasteiger partial charge in [-0.15, -0.1) is 0 Å². The second kappa shape index (κ2) is 30.1. The van der Waals surface area contributed by atoms with Gasteiger partial charge in [0, 0.05) is 69.0 Å². The van der Waals surface area contributed by atoms with Crippen molar-refractivity contribution < 1.29 is 41.6 Å². The number of aliphatic imine (C=N–C) groups is 3. The number of aryl methyl sites for hydroxylation is 3. The summed E-state index contributed by atoms with van der Waals surface area (Å²) in [5.41, 5.74) is 6.27. The van der Waals surface area contributed by atoms with Crippen LogP contribution >= 0.6 is 34.8 Å². The molecular weight excluding hydrogens is 1090 g/mol. The van der Waals surface area contributed by atoms with Gasteiger partial charge in [0.05, 0.1) is 68.0 Å². The number of halogens is 6. The van der Waals surface area contributed by atoms with E-state index in [1.54, 1.807) is 32.7 Å². The zero-order valence-corrected chi connectivity index (χ0v) is 51.3. The molecule has 6 aromatic carbocycles. The van der Waals surface area contributed by atoms with Gasteiger partial charge in [-0.1, -0.05) is 69.4 Å². The quantitative estimate of drug-likeness (QED) is 0.0579. The van der Waals surface area contributed by atoms with E-state index in [9.17, 15) is 13.2 Å². The molecule has 80 heavy (non-hydrogen) atoms. The number of ether oxygens (including phenoxy) is 6. The Morgan fingerprint density at radius 2 is 0.787 bits per heavy atom. The monoisotopic (exact) mass is 1160 g/mol. The molecule has 0 amide bonds. The number of rotatable bonds is 19. The average molecular weight is 1160 g/mol. The topological polar surface area (TPSA) is 102 Å². The van der Waals surface area contributed by atoms with Crippen LogP contribution in [0.25, 0.3) is 0 Å². The van der Waals surface area contributed by atoms with E-state index in [4.69, 9.17) is 63.2 Å². The van der Waals surface area contributed by atoms with Crippen LogP contribution in [-0.2, 0) is 11.6 Å². The summed E-state index contributed by atoms with van der Waals surface area (Å²) < 4.78 is 73.3. The van der Waals surface area contributed by atoms with E-state index in [2.05, 4.69) is 63.4 Å². The standard InChI is InChI=1S/C22H29ClN2O2.C21H27ClN2O2.C19H20ClF3N2O2/c1-8-25(6)14-24-19-13-20(26-7)21(11-15(19)2)27-16-9-10-18(23)17(12-16)22(3,4)5;1-7-24(5)13-23-19-12-20(25-6)21(10-15(19)4)26-16-8-9-18(22)17(11-16)14(2)3;1-5-25(3)11-24-16-10-17(26-4)18(8-12(16)2)27-13-6-7-15(20)14(9-13)19(21,22)23/h9-14H,8H2,1-7H3;8-14H,7H2,1-6H3;6-11H,5H2,1-4H3. The number of nitrogens with zero attached hydrogens (tertiary/aromatic N) is 6. The first-order valence-corrected chi connectivity index (χ1v) is 27.1. The Morgan fingerprint density at radius 1 is 0.475 bits per heavy atom. The molecule has 432 valence electrons. The highest BCUT2D eigenvalue weighted by molar-refractivity contribution is 6.32. The van der Waals surface area contributed by atoms with E-state index in [0.717, 1.165) is 92.5 Å². The molecule has 0 aliphatic rings. The molecule has 0 aromatic heterocycles. The van der Waals surface area contributed by atoms with Gasteiger partial charge >= 0.3 is 6.18 Å². The van der Waals surface area contributed by atoms with Crippen LogP contribution < -0.4 is 28.4 Å². The molecule has 0 atom stereocenters. The number of hydrogen-bond donors (Lipinski definition) is 0. The van der Waals surface area contributed by atoms with Crippen LogP contribution in [0.2, 0.25) is 15.1 Å². The van der Waals surface area contributed by atoms with Crippen molar-refractivity contribution in [2.75, 3.05) is 62.1 Å². The summed E-state index contributed by atoms with van der Waals surface area (Å²) in [4.78, 5) is 19.4. The summed E-state index contributed by atoms with van der Waals surface area (Å²) in [6, 6.07) is 25.8. The van der Waals surface area contributed by atoms with Crippen LogP contribution in [0.4, 0.5) is 30.2 Å².